The highest BCUT2D eigenvalue weighted by Crippen LogP contribution is 1.95. The SMILES string of the molecule is CC.CCOCC(CO)OCC(O)CO.CCOCC(O)COCOC(O)CO. The topological polar surface area (TPSA) is 168 Å². The molecule has 6 N–H and O–H groups in total. The van der Waals surface area contributed by atoms with Crippen molar-refractivity contribution in [3.63, 3.8) is 0 Å². The third kappa shape index (κ3) is 27.6. The van der Waals surface area contributed by atoms with E-state index in [9.17, 15) is 5.11 Å². The molecule has 0 heterocycles. The van der Waals surface area contributed by atoms with E-state index in [2.05, 4.69) is 4.74 Å². The Morgan fingerprint density at radius 2 is 1.17 bits per heavy atom. The average Bonchev–Trinajstić information content (AvgIpc) is 2.76. The highest BCUT2D eigenvalue weighted by molar-refractivity contribution is 4.57. The van der Waals surface area contributed by atoms with Gasteiger partial charge in [0.2, 0.25) is 0 Å². The van der Waals surface area contributed by atoms with Crippen molar-refractivity contribution in [3.05, 3.63) is 0 Å². The van der Waals surface area contributed by atoms with Gasteiger partial charge in [0.1, 0.15) is 25.1 Å². The Kier molecular flexibility index (Phi) is 31.6. The van der Waals surface area contributed by atoms with Gasteiger partial charge in [-0.3, -0.25) is 0 Å². The van der Waals surface area contributed by atoms with Gasteiger partial charge in [-0.05, 0) is 13.8 Å². The first-order valence-electron chi connectivity index (χ1n) is 9.78. The Bertz CT molecular complexity index is 285. The molecule has 0 saturated carbocycles. The summed E-state index contributed by atoms with van der Waals surface area (Å²) in [4.78, 5) is 0. The number of ether oxygens (including phenoxy) is 5. The second-order valence-corrected chi connectivity index (χ2v) is 5.24. The summed E-state index contributed by atoms with van der Waals surface area (Å²) < 4.78 is 24.4. The summed E-state index contributed by atoms with van der Waals surface area (Å²) in [6.45, 7) is 8.20. The van der Waals surface area contributed by atoms with E-state index in [4.69, 9.17) is 44.5 Å². The Hall–Kier alpha value is -0.440. The smallest absolute Gasteiger partial charge is 0.180 e. The molecule has 29 heavy (non-hydrogen) atoms. The van der Waals surface area contributed by atoms with Crippen LogP contribution < -0.4 is 0 Å². The predicted molar refractivity (Wildman–Crippen MR) is 105 cm³/mol. The molecule has 11 nitrogen and oxygen atoms in total. The summed E-state index contributed by atoms with van der Waals surface area (Å²) in [6, 6.07) is 0. The largest absolute Gasteiger partial charge is 0.394 e. The van der Waals surface area contributed by atoms with Crippen LogP contribution in [0.5, 0.6) is 0 Å². The molecule has 0 saturated heterocycles. The van der Waals surface area contributed by atoms with Gasteiger partial charge >= 0.3 is 0 Å². The van der Waals surface area contributed by atoms with Crippen molar-refractivity contribution in [1.82, 2.24) is 0 Å². The third-order valence-corrected chi connectivity index (χ3v) is 2.77. The van der Waals surface area contributed by atoms with E-state index in [1.54, 1.807) is 0 Å². The highest BCUT2D eigenvalue weighted by atomic mass is 16.7. The van der Waals surface area contributed by atoms with Gasteiger partial charge < -0.3 is 54.3 Å². The van der Waals surface area contributed by atoms with E-state index >= 15 is 0 Å². The van der Waals surface area contributed by atoms with Crippen LogP contribution in [-0.2, 0) is 23.7 Å². The molecule has 0 aromatic heterocycles. The molecule has 11 heteroatoms. The molecule has 4 unspecified atom stereocenters. The molecule has 0 fully saturated rings. The summed E-state index contributed by atoms with van der Waals surface area (Å²) in [5.41, 5.74) is 0. The fraction of sp³-hybridized carbons (Fsp3) is 1.00. The van der Waals surface area contributed by atoms with E-state index in [0.29, 0.717) is 19.8 Å². The molecule has 0 aliphatic rings. The zero-order valence-electron chi connectivity index (χ0n) is 18.1. The molecule has 0 spiro atoms. The van der Waals surface area contributed by atoms with E-state index < -0.39 is 31.2 Å². The summed E-state index contributed by atoms with van der Waals surface area (Å²) >= 11 is 0. The standard InChI is InChI=1S/C8H18O6.C8H18O5.C2H6/c1-2-12-4-7(10)5-13-6-14-8(11)3-9;1-2-12-6-8(4-10)13-5-7(11)3-9;1-2/h7-11H,2-6H2,1H3;7-11H,2-6H2,1H3;1-2H3. The fourth-order valence-corrected chi connectivity index (χ4v) is 1.37. The van der Waals surface area contributed by atoms with Gasteiger partial charge in [-0.15, -0.1) is 0 Å². The van der Waals surface area contributed by atoms with E-state index in [0.717, 1.165) is 0 Å². The lowest BCUT2D eigenvalue weighted by molar-refractivity contribution is -0.191. The van der Waals surface area contributed by atoms with Crippen LogP contribution in [0.1, 0.15) is 27.7 Å². The van der Waals surface area contributed by atoms with Crippen LogP contribution in [0.2, 0.25) is 0 Å². The summed E-state index contributed by atoms with van der Waals surface area (Å²) in [5.74, 6) is 0. The maximum atomic E-state index is 9.19. The van der Waals surface area contributed by atoms with Crippen LogP contribution in [0.4, 0.5) is 0 Å². The van der Waals surface area contributed by atoms with E-state index in [1.165, 1.54) is 0 Å². The fourth-order valence-electron chi connectivity index (χ4n) is 1.37. The lowest BCUT2D eigenvalue weighted by Crippen LogP contribution is -2.29. The predicted octanol–water partition coefficient (Wildman–Crippen LogP) is -1.53. The third-order valence-electron chi connectivity index (χ3n) is 2.77. The minimum absolute atomic E-state index is 0.00873. The zero-order chi connectivity index (χ0) is 22.9. The van der Waals surface area contributed by atoms with Crippen molar-refractivity contribution >= 4 is 0 Å². The first kappa shape index (κ1) is 33.2. The van der Waals surface area contributed by atoms with Crippen molar-refractivity contribution < 1.29 is 54.3 Å². The first-order valence-corrected chi connectivity index (χ1v) is 9.78. The van der Waals surface area contributed by atoms with Crippen LogP contribution in [0.15, 0.2) is 0 Å². The average molecular weight is 435 g/mol. The van der Waals surface area contributed by atoms with Crippen molar-refractivity contribution in [2.45, 2.75) is 52.3 Å². The number of aliphatic hydroxyl groups excluding tert-OH is 6. The minimum atomic E-state index is -1.24. The molecule has 180 valence electrons. The quantitative estimate of drug-likeness (QED) is 0.116. The Morgan fingerprint density at radius 1 is 0.621 bits per heavy atom. The van der Waals surface area contributed by atoms with Gasteiger partial charge in [0.25, 0.3) is 0 Å². The highest BCUT2D eigenvalue weighted by Gasteiger charge is 2.10. The van der Waals surface area contributed by atoms with Crippen molar-refractivity contribution in [2.24, 2.45) is 0 Å². The molecule has 0 amide bonds. The maximum absolute atomic E-state index is 9.19. The molecular weight excluding hydrogens is 392 g/mol. The normalized spacial score (nSPS) is 14.7. The summed E-state index contributed by atoms with van der Waals surface area (Å²) in [5, 5.41) is 52.5. The lowest BCUT2D eigenvalue weighted by atomic mass is 10.3. The maximum Gasteiger partial charge on any atom is 0.180 e. The van der Waals surface area contributed by atoms with Crippen LogP contribution in [-0.4, -0.2) is 121 Å². The number of hydrogen-bond donors (Lipinski definition) is 6. The molecule has 0 aliphatic heterocycles. The number of rotatable bonds is 17. The second-order valence-electron chi connectivity index (χ2n) is 5.24. The van der Waals surface area contributed by atoms with E-state index in [-0.39, 0.29) is 39.8 Å². The van der Waals surface area contributed by atoms with Gasteiger partial charge in [0, 0.05) is 13.2 Å². The van der Waals surface area contributed by atoms with Gasteiger partial charge in [0.15, 0.2) is 6.29 Å². The van der Waals surface area contributed by atoms with Crippen molar-refractivity contribution in [2.75, 3.05) is 66.3 Å². The molecular formula is C18H42O11. The summed E-state index contributed by atoms with van der Waals surface area (Å²) in [6.07, 6.45) is -3.26. The first-order chi connectivity index (χ1) is 13.9. The van der Waals surface area contributed by atoms with Crippen LogP contribution in [0, 0.1) is 0 Å². The van der Waals surface area contributed by atoms with Crippen LogP contribution in [0.25, 0.3) is 0 Å². The molecule has 0 bridgehead atoms. The Balaban J connectivity index is -0.000000430. The Morgan fingerprint density at radius 3 is 1.66 bits per heavy atom. The van der Waals surface area contributed by atoms with Gasteiger partial charge in [-0.25, -0.2) is 0 Å². The molecule has 0 aliphatic carbocycles. The summed E-state index contributed by atoms with van der Waals surface area (Å²) in [7, 11) is 0. The lowest BCUT2D eigenvalue weighted by Gasteiger charge is -2.16. The number of aliphatic hydroxyl groups is 6. The minimum Gasteiger partial charge on any atom is -0.394 e. The van der Waals surface area contributed by atoms with Gasteiger partial charge in [0.05, 0.1) is 46.2 Å². The number of hydrogen-bond acceptors (Lipinski definition) is 11. The second kappa shape index (κ2) is 27.6. The zero-order valence-corrected chi connectivity index (χ0v) is 18.1. The Labute approximate surface area is 173 Å². The molecule has 0 radical (unpaired) electrons. The van der Waals surface area contributed by atoms with Crippen molar-refractivity contribution in [3.8, 4) is 0 Å². The van der Waals surface area contributed by atoms with Crippen molar-refractivity contribution in [1.29, 1.82) is 0 Å². The van der Waals surface area contributed by atoms with Gasteiger partial charge in [-0.2, -0.15) is 0 Å². The van der Waals surface area contributed by atoms with E-state index in [1.807, 2.05) is 27.7 Å². The monoisotopic (exact) mass is 434 g/mol. The molecule has 0 rings (SSSR count). The molecule has 0 aromatic carbocycles. The van der Waals surface area contributed by atoms with Crippen LogP contribution in [0.3, 0.4) is 0 Å². The molecule has 4 atom stereocenters. The van der Waals surface area contributed by atoms with Crippen LogP contribution >= 0.6 is 0 Å². The van der Waals surface area contributed by atoms with Gasteiger partial charge in [-0.1, -0.05) is 13.8 Å². The molecule has 0 aromatic rings.